The van der Waals surface area contributed by atoms with Gasteiger partial charge in [-0.25, -0.2) is 13.1 Å². The number of carbonyl (C=O) groups excluding carboxylic acids is 1. The minimum Gasteiger partial charge on any atom is -0.298 e. The highest BCUT2D eigenvalue weighted by atomic mass is 32.2. The van der Waals surface area contributed by atoms with Gasteiger partial charge in [0.1, 0.15) is 9.21 Å². The van der Waals surface area contributed by atoms with E-state index in [-0.39, 0.29) is 21.7 Å². The van der Waals surface area contributed by atoms with Gasteiger partial charge in [-0.1, -0.05) is 0 Å². The zero-order valence-corrected chi connectivity index (χ0v) is 18.0. The van der Waals surface area contributed by atoms with Gasteiger partial charge in [0.05, 0.1) is 30.9 Å². The number of sulfonamides is 1. The fourth-order valence-electron chi connectivity index (χ4n) is 3.68. The number of anilines is 1. The van der Waals surface area contributed by atoms with E-state index < -0.39 is 10.0 Å². The summed E-state index contributed by atoms with van der Waals surface area (Å²) in [5.74, 6) is 0.343. The van der Waals surface area contributed by atoms with Crippen molar-refractivity contribution < 1.29 is 13.2 Å². The summed E-state index contributed by atoms with van der Waals surface area (Å²) in [5, 5.41) is 4.82. The largest absolute Gasteiger partial charge is 0.298 e. The predicted molar refractivity (Wildman–Crippen MR) is 110 cm³/mol. The zero-order valence-electron chi connectivity index (χ0n) is 16.4. The number of carbonyl (C=O) groups is 1. The SMILES string of the molecule is C[C@@H]1CN=C2N(Cc3cnn(C)c3)C(=O)c3cc(S(=O)(=O)NC4(C)CC4)sc3N21. The highest BCUT2D eigenvalue weighted by molar-refractivity contribution is 7.91. The number of amides is 1. The molecule has 1 saturated carbocycles. The first-order valence-electron chi connectivity index (χ1n) is 9.48. The van der Waals surface area contributed by atoms with Crippen molar-refractivity contribution in [2.45, 2.75) is 49.0 Å². The van der Waals surface area contributed by atoms with Gasteiger partial charge in [-0.05, 0) is 32.8 Å². The number of aromatic nitrogens is 2. The Hall–Kier alpha value is -2.24. The summed E-state index contributed by atoms with van der Waals surface area (Å²) in [5.41, 5.74) is 0.929. The molecule has 0 spiro atoms. The van der Waals surface area contributed by atoms with Gasteiger partial charge in [0.2, 0.25) is 5.96 Å². The molecule has 2 aromatic rings. The van der Waals surface area contributed by atoms with Crippen molar-refractivity contribution in [3.05, 3.63) is 29.6 Å². The van der Waals surface area contributed by atoms with E-state index in [4.69, 9.17) is 0 Å². The predicted octanol–water partition coefficient (Wildman–Crippen LogP) is 1.53. The molecule has 154 valence electrons. The molecule has 0 unspecified atom stereocenters. The topological polar surface area (TPSA) is 99.9 Å². The van der Waals surface area contributed by atoms with E-state index in [1.54, 1.807) is 15.8 Å². The Morgan fingerprint density at radius 1 is 1.38 bits per heavy atom. The molecular formula is C18H22N6O3S2. The number of nitrogens with one attached hydrogen (secondary N) is 1. The number of rotatable bonds is 5. The third-order valence-electron chi connectivity index (χ3n) is 5.52. The van der Waals surface area contributed by atoms with Crippen molar-refractivity contribution >= 4 is 38.2 Å². The number of hydrogen-bond donors (Lipinski definition) is 1. The molecule has 29 heavy (non-hydrogen) atoms. The molecule has 1 aliphatic carbocycles. The molecule has 0 bridgehead atoms. The Balaban J connectivity index is 1.54. The van der Waals surface area contributed by atoms with E-state index >= 15 is 0 Å². The number of fused-ring (bicyclic) bond motifs is 3. The van der Waals surface area contributed by atoms with Crippen LogP contribution < -0.4 is 9.62 Å². The molecule has 1 amide bonds. The van der Waals surface area contributed by atoms with E-state index in [9.17, 15) is 13.2 Å². The van der Waals surface area contributed by atoms with Crippen molar-refractivity contribution in [1.29, 1.82) is 0 Å². The number of aryl methyl sites for hydroxylation is 1. The van der Waals surface area contributed by atoms with Gasteiger partial charge in [-0.15, -0.1) is 11.3 Å². The van der Waals surface area contributed by atoms with E-state index in [1.807, 2.05) is 32.0 Å². The third kappa shape index (κ3) is 3.08. The van der Waals surface area contributed by atoms with Crippen molar-refractivity contribution in [2.75, 3.05) is 11.4 Å². The molecule has 2 aliphatic heterocycles. The highest BCUT2D eigenvalue weighted by Crippen LogP contribution is 2.43. The van der Waals surface area contributed by atoms with Crippen molar-refractivity contribution in [3.8, 4) is 0 Å². The summed E-state index contributed by atoms with van der Waals surface area (Å²) in [4.78, 5) is 21.5. The molecule has 0 radical (unpaired) electrons. The Morgan fingerprint density at radius 3 is 2.79 bits per heavy atom. The van der Waals surface area contributed by atoms with E-state index in [2.05, 4.69) is 14.8 Å². The quantitative estimate of drug-likeness (QED) is 0.769. The lowest BCUT2D eigenvalue weighted by Gasteiger charge is -2.35. The van der Waals surface area contributed by atoms with Crippen LogP contribution in [-0.2, 0) is 23.6 Å². The van der Waals surface area contributed by atoms with Crippen LogP contribution >= 0.6 is 11.3 Å². The van der Waals surface area contributed by atoms with Gasteiger partial charge >= 0.3 is 0 Å². The summed E-state index contributed by atoms with van der Waals surface area (Å²) < 4.78 is 30.4. The van der Waals surface area contributed by atoms with Crippen LogP contribution in [0.4, 0.5) is 5.00 Å². The molecule has 1 atom stereocenters. The smallest absolute Gasteiger partial charge is 0.263 e. The molecule has 5 rings (SSSR count). The maximum atomic E-state index is 13.3. The second-order valence-electron chi connectivity index (χ2n) is 8.22. The van der Waals surface area contributed by atoms with Crippen LogP contribution in [0.1, 0.15) is 42.6 Å². The molecule has 3 aliphatic rings. The Kier molecular flexibility index (Phi) is 3.97. The minimum absolute atomic E-state index is 0.0522. The second-order valence-corrected chi connectivity index (χ2v) is 11.2. The van der Waals surface area contributed by atoms with Crippen LogP contribution in [0.2, 0.25) is 0 Å². The molecular weight excluding hydrogens is 412 g/mol. The van der Waals surface area contributed by atoms with Crippen LogP contribution in [0, 0.1) is 0 Å². The third-order valence-corrected chi connectivity index (χ3v) is 8.77. The monoisotopic (exact) mass is 434 g/mol. The Labute approximate surface area is 173 Å². The summed E-state index contributed by atoms with van der Waals surface area (Å²) >= 11 is 1.14. The molecule has 0 aromatic carbocycles. The lowest BCUT2D eigenvalue weighted by atomic mass is 10.2. The summed E-state index contributed by atoms with van der Waals surface area (Å²) in [6.45, 7) is 4.81. The van der Waals surface area contributed by atoms with Crippen LogP contribution in [0.3, 0.4) is 0 Å². The second kappa shape index (κ2) is 6.13. The first-order chi connectivity index (χ1) is 13.7. The maximum Gasteiger partial charge on any atom is 0.263 e. The summed E-state index contributed by atoms with van der Waals surface area (Å²) in [6.07, 6.45) is 5.23. The van der Waals surface area contributed by atoms with Crippen molar-refractivity contribution in [2.24, 2.45) is 12.0 Å². The van der Waals surface area contributed by atoms with E-state index in [0.717, 1.165) is 29.7 Å². The molecule has 4 heterocycles. The van der Waals surface area contributed by atoms with Crippen LogP contribution in [0.15, 0.2) is 27.7 Å². The lowest BCUT2D eigenvalue weighted by Crippen LogP contribution is -2.51. The lowest BCUT2D eigenvalue weighted by molar-refractivity contribution is 0.0833. The molecule has 1 N–H and O–H groups in total. The van der Waals surface area contributed by atoms with Gasteiger partial charge in [-0.3, -0.25) is 24.3 Å². The van der Waals surface area contributed by atoms with Crippen LogP contribution in [0.25, 0.3) is 0 Å². The average molecular weight is 435 g/mol. The number of guanidine groups is 1. The van der Waals surface area contributed by atoms with Gasteiger partial charge in [0, 0.05) is 24.3 Å². The van der Waals surface area contributed by atoms with Crippen molar-refractivity contribution in [3.63, 3.8) is 0 Å². The van der Waals surface area contributed by atoms with Crippen LogP contribution in [0.5, 0.6) is 0 Å². The Morgan fingerprint density at radius 2 is 2.14 bits per heavy atom. The number of aliphatic imine (C=N–C) groups is 1. The van der Waals surface area contributed by atoms with Crippen LogP contribution in [-0.4, -0.2) is 53.1 Å². The maximum absolute atomic E-state index is 13.3. The normalized spacial score (nSPS) is 22.5. The van der Waals surface area contributed by atoms with Gasteiger partial charge in [0.15, 0.2) is 0 Å². The number of thiophene rings is 1. The number of nitrogens with zero attached hydrogens (tertiary/aromatic N) is 5. The Bertz CT molecular complexity index is 1140. The molecule has 0 saturated heterocycles. The summed E-state index contributed by atoms with van der Waals surface area (Å²) in [6, 6.07) is 1.56. The summed E-state index contributed by atoms with van der Waals surface area (Å²) in [7, 11) is -1.85. The fraction of sp³-hybridized carbons (Fsp3) is 0.500. The van der Waals surface area contributed by atoms with E-state index in [0.29, 0.717) is 29.6 Å². The zero-order chi connectivity index (χ0) is 20.6. The highest BCUT2D eigenvalue weighted by Gasteiger charge is 2.45. The fourth-order valence-corrected chi connectivity index (χ4v) is 6.69. The van der Waals surface area contributed by atoms with Gasteiger partial charge < -0.3 is 0 Å². The minimum atomic E-state index is -3.67. The molecule has 9 nitrogen and oxygen atoms in total. The van der Waals surface area contributed by atoms with Gasteiger partial charge in [-0.2, -0.15) is 5.10 Å². The van der Waals surface area contributed by atoms with Gasteiger partial charge in [0.25, 0.3) is 15.9 Å². The molecule has 11 heteroatoms. The standard InChI is InChI=1S/C18H22N6O3S2/c1-11-7-19-17-23(10-12-8-20-22(3)9-12)15(25)13-6-14(28-16(13)24(11)17)29(26,27)21-18(2)4-5-18/h6,8-9,11,21H,4-5,7,10H2,1-3H3/t11-/m1/s1. The molecule has 1 fully saturated rings. The average Bonchev–Trinajstić information content (AvgIpc) is 3.04. The first kappa shape index (κ1) is 18.8. The van der Waals surface area contributed by atoms with Crippen molar-refractivity contribution in [1.82, 2.24) is 19.4 Å². The number of hydrogen-bond acceptors (Lipinski definition) is 7. The van der Waals surface area contributed by atoms with E-state index in [1.165, 1.54) is 6.07 Å². The first-order valence-corrected chi connectivity index (χ1v) is 11.8. The molecule has 2 aromatic heterocycles.